The normalized spacial score (nSPS) is 15.7. The molecular formula is C11H13ClF3NO. The van der Waals surface area contributed by atoms with Crippen molar-refractivity contribution in [3.05, 3.63) is 34.3 Å². The number of hydrogen-bond donors (Lipinski definition) is 2. The average molecular weight is 268 g/mol. The lowest BCUT2D eigenvalue weighted by Crippen LogP contribution is -2.25. The number of benzene rings is 1. The standard InChI is InChI=1S/C11H13ClF3NO/c1-2-9(17)10(16)6-3-7(11(13,14)15)5-8(12)4-6/h3-5,9-10,17H,2,16H2,1H3/t9-,10+/m1/s1. The lowest BCUT2D eigenvalue weighted by molar-refractivity contribution is -0.137. The molecule has 0 radical (unpaired) electrons. The van der Waals surface area contributed by atoms with Gasteiger partial charge in [-0.15, -0.1) is 0 Å². The first-order chi connectivity index (χ1) is 7.75. The van der Waals surface area contributed by atoms with E-state index in [2.05, 4.69) is 0 Å². The molecule has 3 N–H and O–H groups in total. The van der Waals surface area contributed by atoms with Crippen LogP contribution in [0.4, 0.5) is 13.2 Å². The van der Waals surface area contributed by atoms with E-state index in [1.54, 1.807) is 6.92 Å². The zero-order chi connectivity index (χ0) is 13.2. The van der Waals surface area contributed by atoms with E-state index in [9.17, 15) is 18.3 Å². The van der Waals surface area contributed by atoms with Gasteiger partial charge in [0.15, 0.2) is 0 Å². The molecule has 1 aromatic carbocycles. The molecule has 96 valence electrons. The highest BCUT2D eigenvalue weighted by molar-refractivity contribution is 6.30. The van der Waals surface area contributed by atoms with Crippen molar-refractivity contribution in [2.24, 2.45) is 5.73 Å². The first-order valence-electron chi connectivity index (χ1n) is 5.07. The van der Waals surface area contributed by atoms with Gasteiger partial charge in [0.1, 0.15) is 0 Å². The second kappa shape index (κ2) is 5.25. The largest absolute Gasteiger partial charge is 0.416 e. The molecule has 0 saturated carbocycles. The number of aliphatic hydroxyl groups is 1. The van der Waals surface area contributed by atoms with Gasteiger partial charge >= 0.3 is 6.18 Å². The molecule has 2 nitrogen and oxygen atoms in total. The fourth-order valence-electron chi connectivity index (χ4n) is 1.44. The van der Waals surface area contributed by atoms with Crippen molar-refractivity contribution in [1.29, 1.82) is 0 Å². The van der Waals surface area contributed by atoms with E-state index in [-0.39, 0.29) is 10.6 Å². The summed E-state index contributed by atoms with van der Waals surface area (Å²) in [5.74, 6) is 0. The third kappa shape index (κ3) is 3.59. The molecule has 0 aromatic heterocycles. The lowest BCUT2D eigenvalue weighted by atomic mass is 9.98. The monoisotopic (exact) mass is 267 g/mol. The van der Waals surface area contributed by atoms with Gasteiger partial charge in [-0.25, -0.2) is 0 Å². The van der Waals surface area contributed by atoms with Crippen molar-refractivity contribution in [2.75, 3.05) is 0 Å². The van der Waals surface area contributed by atoms with Crippen molar-refractivity contribution in [3.63, 3.8) is 0 Å². The van der Waals surface area contributed by atoms with Crippen LogP contribution in [0.25, 0.3) is 0 Å². The minimum absolute atomic E-state index is 0.0476. The number of aliphatic hydroxyl groups excluding tert-OH is 1. The summed E-state index contributed by atoms with van der Waals surface area (Å²) < 4.78 is 37.6. The maximum atomic E-state index is 12.5. The Kier molecular flexibility index (Phi) is 4.41. The van der Waals surface area contributed by atoms with E-state index in [0.29, 0.717) is 6.42 Å². The predicted molar refractivity (Wildman–Crippen MR) is 59.7 cm³/mol. The molecular weight excluding hydrogens is 255 g/mol. The summed E-state index contributed by atoms with van der Waals surface area (Å²) in [6, 6.07) is 2.20. The number of nitrogens with two attached hydrogens (primary N) is 1. The molecule has 6 heteroatoms. The van der Waals surface area contributed by atoms with E-state index < -0.39 is 23.9 Å². The summed E-state index contributed by atoms with van der Waals surface area (Å²) in [6.07, 6.45) is -5.01. The second-order valence-electron chi connectivity index (χ2n) is 3.77. The van der Waals surface area contributed by atoms with Crippen LogP contribution in [0.5, 0.6) is 0 Å². The van der Waals surface area contributed by atoms with Crippen LogP contribution in [0.3, 0.4) is 0 Å². The Balaban J connectivity index is 3.14. The van der Waals surface area contributed by atoms with Crippen LogP contribution >= 0.6 is 11.6 Å². The van der Waals surface area contributed by atoms with Gasteiger partial charge in [-0.3, -0.25) is 0 Å². The smallest absolute Gasteiger partial charge is 0.391 e. The summed E-state index contributed by atoms with van der Waals surface area (Å²) in [7, 11) is 0. The van der Waals surface area contributed by atoms with Gasteiger partial charge in [-0.1, -0.05) is 18.5 Å². The molecule has 0 amide bonds. The molecule has 0 aliphatic rings. The van der Waals surface area contributed by atoms with Crippen molar-refractivity contribution in [3.8, 4) is 0 Å². The Morgan fingerprint density at radius 1 is 1.35 bits per heavy atom. The first kappa shape index (κ1) is 14.3. The van der Waals surface area contributed by atoms with Gasteiger partial charge in [0.2, 0.25) is 0 Å². The summed E-state index contributed by atoms with van der Waals surface area (Å²) in [6.45, 7) is 1.69. The van der Waals surface area contributed by atoms with Crippen LogP contribution in [0.15, 0.2) is 18.2 Å². The Morgan fingerprint density at radius 3 is 2.41 bits per heavy atom. The molecule has 0 bridgehead atoms. The number of alkyl halides is 3. The third-order valence-corrected chi connectivity index (χ3v) is 2.68. The molecule has 1 aromatic rings. The van der Waals surface area contributed by atoms with Gasteiger partial charge < -0.3 is 10.8 Å². The predicted octanol–water partition coefficient (Wildman–Crippen LogP) is 3.13. The van der Waals surface area contributed by atoms with Crippen LogP contribution < -0.4 is 5.73 Å². The van der Waals surface area contributed by atoms with Gasteiger partial charge in [-0.05, 0) is 30.2 Å². The molecule has 0 unspecified atom stereocenters. The van der Waals surface area contributed by atoms with Crippen LogP contribution in [0.1, 0.15) is 30.5 Å². The Bertz CT molecular complexity index is 395. The van der Waals surface area contributed by atoms with Gasteiger partial charge in [0.25, 0.3) is 0 Å². The minimum Gasteiger partial charge on any atom is -0.391 e. The van der Waals surface area contributed by atoms with Crippen LogP contribution in [-0.2, 0) is 6.18 Å². The van der Waals surface area contributed by atoms with Crippen LogP contribution in [0, 0.1) is 0 Å². The molecule has 17 heavy (non-hydrogen) atoms. The Labute approximate surface area is 102 Å². The quantitative estimate of drug-likeness (QED) is 0.884. The maximum Gasteiger partial charge on any atom is 0.416 e. The molecule has 0 aliphatic heterocycles. The van der Waals surface area contributed by atoms with Crippen molar-refractivity contribution >= 4 is 11.6 Å². The van der Waals surface area contributed by atoms with E-state index in [1.165, 1.54) is 6.07 Å². The molecule has 2 atom stereocenters. The topological polar surface area (TPSA) is 46.2 Å². The van der Waals surface area contributed by atoms with E-state index in [4.69, 9.17) is 17.3 Å². The van der Waals surface area contributed by atoms with Crippen molar-refractivity contribution in [2.45, 2.75) is 31.7 Å². The van der Waals surface area contributed by atoms with Gasteiger partial charge in [0.05, 0.1) is 17.7 Å². The number of hydrogen-bond acceptors (Lipinski definition) is 2. The molecule has 0 heterocycles. The summed E-state index contributed by atoms with van der Waals surface area (Å²) in [4.78, 5) is 0. The summed E-state index contributed by atoms with van der Waals surface area (Å²) in [5, 5.41) is 9.47. The highest BCUT2D eigenvalue weighted by Crippen LogP contribution is 2.33. The maximum absolute atomic E-state index is 12.5. The third-order valence-electron chi connectivity index (χ3n) is 2.47. The fraction of sp³-hybridized carbons (Fsp3) is 0.455. The zero-order valence-electron chi connectivity index (χ0n) is 9.13. The molecule has 0 saturated heterocycles. The first-order valence-corrected chi connectivity index (χ1v) is 5.44. The van der Waals surface area contributed by atoms with Crippen LogP contribution in [-0.4, -0.2) is 11.2 Å². The van der Waals surface area contributed by atoms with E-state index in [0.717, 1.165) is 12.1 Å². The SMILES string of the molecule is CC[C@@H](O)[C@@H](N)c1cc(Cl)cc(C(F)(F)F)c1. The average Bonchev–Trinajstić information content (AvgIpc) is 2.25. The van der Waals surface area contributed by atoms with E-state index in [1.807, 2.05) is 0 Å². The van der Waals surface area contributed by atoms with E-state index >= 15 is 0 Å². The van der Waals surface area contributed by atoms with Crippen molar-refractivity contribution < 1.29 is 18.3 Å². The summed E-state index contributed by atoms with van der Waals surface area (Å²) in [5.41, 5.74) is 4.97. The van der Waals surface area contributed by atoms with Crippen LogP contribution in [0.2, 0.25) is 5.02 Å². The molecule has 1 rings (SSSR count). The second-order valence-corrected chi connectivity index (χ2v) is 4.21. The number of rotatable bonds is 3. The highest BCUT2D eigenvalue weighted by Gasteiger charge is 2.32. The lowest BCUT2D eigenvalue weighted by Gasteiger charge is -2.19. The van der Waals surface area contributed by atoms with Crippen molar-refractivity contribution in [1.82, 2.24) is 0 Å². The Morgan fingerprint density at radius 2 is 1.94 bits per heavy atom. The fourth-order valence-corrected chi connectivity index (χ4v) is 1.69. The molecule has 0 aliphatic carbocycles. The zero-order valence-corrected chi connectivity index (χ0v) is 9.89. The Hall–Kier alpha value is -0.780. The highest BCUT2D eigenvalue weighted by atomic mass is 35.5. The minimum atomic E-state index is -4.48. The number of halogens is 4. The van der Waals surface area contributed by atoms with Gasteiger partial charge in [-0.2, -0.15) is 13.2 Å². The molecule has 0 fully saturated rings. The molecule has 0 spiro atoms. The summed E-state index contributed by atoms with van der Waals surface area (Å²) >= 11 is 5.61. The van der Waals surface area contributed by atoms with Gasteiger partial charge in [0, 0.05) is 5.02 Å².